The van der Waals surface area contributed by atoms with Crippen LogP contribution >= 0.6 is 11.3 Å². The van der Waals surface area contributed by atoms with Crippen LogP contribution in [0.15, 0.2) is 81.5 Å². The van der Waals surface area contributed by atoms with Crippen LogP contribution < -0.4 is 4.72 Å². The smallest absolute Gasteiger partial charge is 0.250 e. The molecule has 0 aliphatic rings. The van der Waals surface area contributed by atoms with Gasteiger partial charge in [-0.15, -0.1) is 11.3 Å². The summed E-state index contributed by atoms with van der Waals surface area (Å²) in [5, 5.41) is 0.557. The molecule has 6 nitrogen and oxygen atoms in total. The van der Waals surface area contributed by atoms with E-state index in [1.807, 2.05) is 0 Å². The van der Waals surface area contributed by atoms with Crippen molar-refractivity contribution in [2.24, 2.45) is 0 Å². The zero-order chi connectivity index (χ0) is 18.6. The third-order valence-corrected chi connectivity index (χ3v) is 8.66. The highest BCUT2D eigenvalue weighted by molar-refractivity contribution is 7.92. The number of nitrogens with zero attached hydrogens (tertiary/aromatic N) is 1. The summed E-state index contributed by atoms with van der Waals surface area (Å²) in [6, 6.07) is 14.3. The van der Waals surface area contributed by atoms with Gasteiger partial charge in [-0.25, -0.2) is 21.6 Å². The lowest BCUT2D eigenvalue weighted by atomic mass is 10.2. The van der Waals surface area contributed by atoms with E-state index in [1.54, 1.807) is 41.8 Å². The van der Waals surface area contributed by atoms with Crippen LogP contribution in [-0.2, 0) is 19.9 Å². The number of thiophene rings is 1. The Morgan fingerprint density at radius 1 is 0.962 bits per heavy atom. The number of sulfonamides is 1. The predicted molar refractivity (Wildman–Crippen MR) is 100 cm³/mol. The number of aromatic nitrogens is 1. The van der Waals surface area contributed by atoms with Gasteiger partial charge < -0.3 is 0 Å². The van der Waals surface area contributed by atoms with E-state index in [4.69, 9.17) is 0 Å². The maximum absolute atomic E-state index is 13.1. The number of hydrogen-bond acceptors (Lipinski definition) is 6. The molecular weight excluding hydrogens is 392 g/mol. The number of hydrogen-bond donors (Lipinski definition) is 1. The van der Waals surface area contributed by atoms with Gasteiger partial charge in [0, 0.05) is 18.9 Å². The van der Waals surface area contributed by atoms with Crippen LogP contribution in [0.2, 0.25) is 0 Å². The molecule has 0 aliphatic heterocycles. The third-order valence-electron chi connectivity index (χ3n) is 3.72. The largest absolute Gasteiger partial charge is 0.264 e. The van der Waals surface area contributed by atoms with Crippen molar-refractivity contribution in [3.05, 3.63) is 77.9 Å². The summed E-state index contributed by atoms with van der Waals surface area (Å²) >= 11 is 1.07. The first-order valence-corrected chi connectivity index (χ1v) is 11.5. The lowest BCUT2D eigenvalue weighted by Crippen LogP contribution is -2.31. The van der Waals surface area contributed by atoms with E-state index >= 15 is 0 Å². The monoisotopic (exact) mass is 408 g/mol. The first-order chi connectivity index (χ1) is 12.4. The highest BCUT2D eigenvalue weighted by Gasteiger charge is 2.31. The number of rotatable bonds is 7. The summed E-state index contributed by atoms with van der Waals surface area (Å²) in [5.41, 5.74) is 0.422. The average molecular weight is 409 g/mol. The van der Waals surface area contributed by atoms with Crippen molar-refractivity contribution in [3.63, 3.8) is 0 Å². The Bertz CT molecular complexity index is 1050. The van der Waals surface area contributed by atoms with Crippen LogP contribution in [0.4, 0.5) is 0 Å². The van der Waals surface area contributed by atoms with Gasteiger partial charge in [0.2, 0.25) is 10.0 Å². The van der Waals surface area contributed by atoms with E-state index in [0.717, 1.165) is 11.3 Å². The molecule has 1 atom stereocenters. The van der Waals surface area contributed by atoms with E-state index in [1.165, 1.54) is 30.6 Å². The first kappa shape index (κ1) is 18.7. The number of pyridine rings is 1. The maximum atomic E-state index is 13.1. The quantitative estimate of drug-likeness (QED) is 0.649. The summed E-state index contributed by atoms with van der Waals surface area (Å²) in [4.78, 5) is 4.10. The summed E-state index contributed by atoms with van der Waals surface area (Å²) in [7, 11) is -7.59. The number of nitrogens with one attached hydrogen (secondary N) is 1. The van der Waals surface area contributed by atoms with Crippen molar-refractivity contribution in [2.45, 2.75) is 14.4 Å². The molecular formula is C17H16N2O4S3. The van der Waals surface area contributed by atoms with Gasteiger partial charge in [0.15, 0.2) is 9.84 Å². The fourth-order valence-electron chi connectivity index (χ4n) is 2.42. The van der Waals surface area contributed by atoms with Gasteiger partial charge in [-0.05, 0) is 35.2 Å². The van der Waals surface area contributed by atoms with Crippen LogP contribution in [0.1, 0.15) is 10.8 Å². The predicted octanol–water partition coefficient (Wildman–Crippen LogP) is 2.64. The van der Waals surface area contributed by atoms with Gasteiger partial charge in [-0.2, -0.15) is 0 Å². The Morgan fingerprint density at radius 3 is 2.35 bits per heavy atom. The minimum absolute atomic E-state index is 0.129. The Labute approximate surface area is 156 Å². The second-order valence-electron chi connectivity index (χ2n) is 5.42. The van der Waals surface area contributed by atoms with Crippen molar-refractivity contribution in [2.75, 3.05) is 6.54 Å². The van der Waals surface area contributed by atoms with Crippen molar-refractivity contribution in [1.82, 2.24) is 9.71 Å². The molecule has 3 rings (SSSR count). The fraction of sp³-hybridized carbons (Fsp3) is 0.118. The summed E-state index contributed by atoms with van der Waals surface area (Å²) in [6.45, 7) is -0.289. The average Bonchev–Trinajstić information content (AvgIpc) is 3.19. The molecule has 0 spiro atoms. The zero-order valence-electron chi connectivity index (χ0n) is 13.5. The third kappa shape index (κ3) is 4.01. The first-order valence-electron chi connectivity index (χ1n) is 7.63. The minimum atomic E-state index is -3.81. The lowest BCUT2D eigenvalue weighted by molar-refractivity contribution is 0.569. The highest BCUT2D eigenvalue weighted by Crippen LogP contribution is 2.28. The molecule has 2 aromatic heterocycles. The van der Waals surface area contributed by atoms with Crippen molar-refractivity contribution >= 4 is 31.2 Å². The fourth-order valence-corrected chi connectivity index (χ4v) is 6.28. The Kier molecular flexibility index (Phi) is 5.52. The van der Waals surface area contributed by atoms with Gasteiger partial charge >= 0.3 is 0 Å². The van der Waals surface area contributed by atoms with Gasteiger partial charge in [-0.1, -0.05) is 30.3 Å². The molecule has 0 amide bonds. The van der Waals surface area contributed by atoms with Gasteiger partial charge in [0.05, 0.1) is 4.90 Å². The molecule has 0 radical (unpaired) electrons. The highest BCUT2D eigenvalue weighted by atomic mass is 32.2. The van der Waals surface area contributed by atoms with Gasteiger partial charge in [0.25, 0.3) is 0 Å². The van der Waals surface area contributed by atoms with Crippen LogP contribution in [-0.4, -0.2) is 28.4 Å². The Hall–Kier alpha value is -2.07. The topological polar surface area (TPSA) is 93.2 Å². The number of benzene rings is 1. The van der Waals surface area contributed by atoms with Gasteiger partial charge in [-0.3, -0.25) is 4.98 Å². The summed E-state index contributed by atoms with van der Waals surface area (Å²) < 4.78 is 53.5. The van der Waals surface area contributed by atoms with Crippen molar-refractivity contribution < 1.29 is 16.8 Å². The molecule has 26 heavy (non-hydrogen) atoms. The van der Waals surface area contributed by atoms with Crippen LogP contribution in [0.3, 0.4) is 0 Å². The molecule has 0 aliphatic carbocycles. The second kappa shape index (κ2) is 7.67. The van der Waals surface area contributed by atoms with E-state index in [0.29, 0.717) is 5.56 Å². The standard InChI is InChI=1S/C17H16N2O4S3/c20-25(21,15-7-2-1-3-8-15)16(14-6-4-10-18-12-14)13-19-26(22,23)17-9-5-11-24-17/h1-12,16,19H,13H2/t16-/m1/s1. The lowest BCUT2D eigenvalue weighted by Gasteiger charge is -2.18. The number of sulfone groups is 1. The SMILES string of the molecule is O=S(=O)(NC[C@H](c1cccnc1)S(=O)(=O)c1ccccc1)c1cccs1. The Balaban J connectivity index is 1.95. The molecule has 2 heterocycles. The molecule has 0 saturated heterocycles. The molecule has 1 N–H and O–H groups in total. The normalized spacial score (nSPS) is 13.4. The molecule has 3 aromatic rings. The molecule has 0 bridgehead atoms. The molecule has 136 valence electrons. The van der Waals surface area contributed by atoms with E-state index in [-0.39, 0.29) is 15.6 Å². The van der Waals surface area contributed by atoms with E-state index in [2.05, 4.69) is 9.71 Å². The van der Waals surface area contributed by atoms with E-state index < -0.39 is 25.1 Å². The molecule has 9 heteroatoms. The van der Waals surface area contributed by atoms with Crippen molar-refractivity contribution in [1.29, 1.82) is 0 Å². The molecule has 0 fully saturated rings. The van der Waals surface area contributed by atoms with Crippen LogP contribution in [0, 0.1) is 0 Å². The van der Waals surface area contributed by atoms with Crippen LogP contribution in [0.5, 0.6) is 0 Å². The van der Waals surface area contributed by atoms with E-state index in [9.17, 15) is 16.8 Å². The Morgan fingerprint density at radius 2 is 1.73 bits per heavy atom. The molecule has 1 aromatic carbocycles. The van der Waals surface area contributed by atoms with Gasteiger partial charge in [0.1, 0.15) is 9.46 Å². The summed E-state index contributed by atoms with van der Waals surface area (Å²) in [5.74, 6) is 0. The zero-order valence-corrected chi connectivity index (χ0v) is 16.0. The van der Waals surface area contributed by atoms with Crippen LogP contribution in [0.25, 0.3) is 0 Å². The molecule has 0 saturated carbocycles. The molecule has 0 unspecified atom stereocenters. The summed E-state index contributed by atoms with van der Waals surface area (Å²) in [6.07, 6.45) is 2.97. The minimum Gasteiger partial charge on any atom is -0.264 e. The second-order valence-corrected chi connectivity index (χ2v) is 10.5. The maximum Gasteiger partial charge on any atom is 0.250 e. The van der Waals surface area contributed by atoms with Crippen molar-refractivity contribution in [3.8, 4) is 0 Å².